The average molecular weight is 339 g/mol. The van der Waals surface area contributed by atoms with Crippen LogP contribution in [0.5, 0.6) is 0 Å². The second-order valence-corrected chi connectivity index (χ2v) is 7.99. The highest BCUT2D eigenvalue weighted by Crippen LogP contribution is 2.21. The Bertz CT molecular complexity index is 638. The van der Waals surface area contributed by atoms with Gasteiger partial charge in [0.05, 0.1) is 4.90 Å². The van der Waals surface area contributed by atoms with Gasteiger partial charge in [-0.25, -0.2) is 8.42 Å². The Balaban J connectivity index is 2.11. The second-order valence-electron chi connectivity index (χ2n) is 6.05. The summed E-state index contributed by atoms with van der Waals surface area (Å²) in [6, 6.07) is 6.29. The Labute approximate surface area is 138 Å². The molecule has 0 saturated carbocycles. The number of amides is 1. The third kappa shape index (κ3) is 4.76. The first kappa shape index (κ1) is 17.9. The summed E-state index contributed by atoms with van der Waals surface area (Å²) < 4.78 is 26.8. The van der Waals surface area contributed by atoms with Crippen molar-refractivity contribution >= 4 is 15.9 Å². The van der Waals surface area contributed by atoms with Gasteiger partial charge in [-0.2, -0.15) is 4.31 Å². The fourth-order valence-electron chi connectivity index (χ4n) is 2.55. The van der Waals surface area contributed by atoms with Crippen molar-refractivity contribution in [3.8, 4) is 0 Å². The van der Waals surface area contributed by atoms with Gasteiger partial charge >= 0.3 is 0 Å². The molecule has 1 N–H and O–H groups in total. The molecule has 1 aromatic rings. The van der Waals surface area contributed by atoms with E-state index in [2.05, 4.69) is 5.32 Å². The van der Waals surface area contributed by atoms with Gasteiger partial charge in [-0.05, 0) is 45.1 Å². The fourth-order valence-corrected chi connectivity index (χ4v) is 4.11. The van der Waals surface area contributed by atoms with E-state index < -0.39 is 10.0 Å². The molecule has 0 aliphatic carbocycles. The van der Waals surface area contributed by atoms with Crippen LogP contribution in [0.15, 0.2) is 29.2 Å². The summed E-state index contributed by atoms with van der Waals surface area (Å²) in [5, 5.41) is 2.80. The molecular weight excluding hydrogens is 314 g/mol. The van der Waals surface area contributed by atoms with Crippen LogP contribution in [0.3, 0.4) is 0 Å². The summed E-state index contributed by atoms with van der Waals surface area (Å²) >= 11 is 0. The van der Waals surface area contributed by atoms with E-state index in [1.807, 2.05) is 19.0 Å². The lowest BCUT2D eigenvalue weighted by Gasteiger charge is -2.26. The first-order valence-corrected chi connectivity index (χ1v) is 9.38. The molecule has 0 aromatic heterocycles. The average Bonchev–Trinajstić information content (AvgIpc) is 2.55. The van der Waals surface area contributed by atoms with Gasteiger partial charge in [-0.3, -0.25) is 4.79 Å². The molecule has 0 radical (unpaired) electrons. The Morgan fingerprint density at radius 3 is 2.57 bits per heavy atom. The Morgan fingerprint density at radius 1 is 1.22 bits per heavy atom. The first-order valence-electron chi connectivity index (χ1n) is 7.94. The highest BCUT2D eigenvalue weighted by molar-refractivity contribution is 7.89. The number of nitrogens with one attached hydrogen (secondary N) is 1. The monoisotopic (exact) mass is 339 g/mol. The number of carbonyl (C=O) groups is 1. The van der Waals surface area contributed by atoms with Crippen LogP contribution in [0.25, 0.3) is 0 Å². The maximum absolute atomic E-state index is 12.7. The highest BCUT2D eigenvalue weighted by atomic mass is 32.2. The van der Waals surface area contributed by atoms with Crippen LogP contribution < -0.4 is 5.32 Å². The van der Waals surface area contributed by atoms with Gasteiger partial charge in [0.2, 0.25) is 10.0 Å². The zero-order chi connectivity index (χ0) is 16.9. The maximum atomic E-state index is 12.7. The molecule has 6 nitrogen and oxygen atoms in total. The first-order chi connectivity index (χ1) is 10.9. The standard InChI is InChI=1S/C16H25N3O3S/c1-18(2)12-9-17-16(20)14-7-6-8-15(13-14)23(21,22)19-10-4-3-5-11-19/h6-8,13H,3-5,9-12H2,1-2H3,(H,17,20). The molecular formula is C16H25N3O3S. The van der Waals surface area contributed by atoms with Crippen LogP contribution in [0.2, 0.25) is 0 Å². The molecule has 7 heteroatoms. The highest BCUT2D eigenvalue weighted by Gasteiger charge is 2.26. The second kappa shape index (κ2) is 7.90. The van der Waals surface area contributed by atoms with Crippen molar-refractivity contribution in [3.05, 3.63) is 29.8 Å². The maximum Gasteiger partial charge on any atom is 0.251 e. The molecule has 0 atom stereocenters. The van der Waals surface area contributed by atoms with Crippen molar-refractivity contribution < 1.29 is 13.2 Å². The zero-order valence-electron chi connectivity index (χ0n) is 13.8. The number of piperidine rings is 1. The summed E-state index contributed by atoms with van der Waals surface area (Å²) in [5.74, 6) is -0.248. The number of hydrogen-bond donors (Lipinski definition) is 1. The molecule has 1 heterocycles. The minimum absolute atomic E-state index is 0.194. The molecule has 0 unspecified atom stereocenters. The third-order valence-electron chi connectivity index (χ3n) is 3.89. The van der Waals surface area contributed by atoms with Gasteiger partial charge in [0.25, 0.3) is 5.91 Å². The largest absolute Gasteiger partial charge is 0.351 e. The van der Waals surface area contributed by atoms with E-state index in [1.165, 1.54) is 10.4 Å². The molecule has 1 amide bonds. The van der Waals surface area contributed by atoms with Crippen LogP contribution in [0, 0.1) is 0 Å². The van der Waals surface area contributed by atoms with Crippen molar-refractivity contribution in [2.24, 2.45) is 0 Å². The van der Waals surface area contributed by atoms with E-state index in [9.17, 15) is 13.2 Å². The van der Waals surface area contributed by atoms with E-state index in [0.717, 1.165) is 25.8 Å². The SMILES string of the molecule is CN(C)CCNC(=O)c1cccc(S(=O)(=O)N2CCCCC2)c1. The molecule has 1 fully saturated rings. The number of hydrogen-bond acceptors (Lipinski definition) is 4. The summed E-state index contributed by atoms with van der Waals surface area (Å²) in [7, 11) is 0.350. The van der Waals surface area contributed by atoms with Gasteiger partial charge in [0.1, 0.15) is 0 Å². The van der Waals surface area contributed by atoms with E-state index in [4.69, 9.17) is 0 Å². The lowest BCUT2D eigenvalue weighted by Crippen LogP contribution is -2.36. The van der Waals surface area contributed by atoms with Crippen LogP contribution in [-0.2, 0) is 10.0 Å². The van der Waals surface area contributed by atoms with Crippen molar-refractivity contribution in [1.82, 2.24) is 14.5 Å². The van der Waals surface area contributed by atoms with Gasteiger partial charge in [-0.15, -0.1) is 0 Å². The number of rotatable bonds is 6. The van der Waals surface area contributed by atoms with Crippen molar-refractivity contribution in [1.29, 1.82) is 0 Å². The van der Waals surface area contributed by atoms with Crippen LogP contribution in [0.4, 0.5) is 0 Å². The van der Waals surface area contributed by atoms with E-state index >= 15 is 0 Å². The van der Waals surface area contributed by atoms with Gasteiger partial charge in [0, 0.05) is 31.7 Å². The van der Waals surface area contributed by atoms with Crippen molar-refractivity contribution in [2.75, 3.05) is 40.3 Å². The molecule has 128 valence electrons. The van der Waals surface area contributed by atoms with Crippen molar-refractivity contribution in [3.63, 3.8) is 0 Å². The minimum atomic E-state index is -3.51. The Morgan fingerprint density at radius 2 is 1.91 bits per heavy atom. The fraction of sp³-hybridized carbons (Fsp3) is 0.562. The van der Waals surface area contributed by atoms with E-state index in [1.54, 1.807) is 18.2 Å². The topological polar surface area (TPSA) is 69.7 Å². The lowest BCUT2D eigenvalue weighted by molar-refractivity contribution is 0.0951. The van der Waals surface area contributed by atoms with Gasteiger partial charge in [-0.1, -0.05) is 12.5 Å². The summed E-state index contributed by atoms with van der Waals surface area (Å²) in [5.41, 5.74) is 0.377. The third-order valence-corrected chi connectivity index (χ3v) is 5.79. The van der Waals surface area contributed by atoms with Crippen molar-refractivity contribution in [2.45, 2.75) is 24.2 Å². The molecule has 0 bridgehead atoms. The van der Waals surface area contributed by atoms with Crippen LogP contribution in [0.1, 0.15) is 29.6 Å². The molecule has 1 aromatic carbocycles. The number of carbonyl (C=O) groups excluding carboxylic acids is 1. The van der Waals surface area contributed by atoms with E-state index in [-0.39, 0.29) is 10.8 Å². The zero-order valence-corrected chi connectivity index (χ0v) is 14.6. The lowest BCUT2D eigenvalue weighted by atomic mass is 10.2. The predicted molar refractivity (Wildman–Crippen MR) is 89.9 cm³/mol. The number of sulfonamides is 1. The number of nitrogens with zero attached hydrogens (tertiary/aromatic N) is 2. The van der Waals surface area contributed by atoms with Gasteiger partial charge < -0.3 is 10.2 Å². The summed E-state index contributed by atoms with van der Waals surface area (Å²) in [6.07, 6.45) is 2.86. The Kier molecular flexibility index (Phi) is 6.15. The molecule has 0 spiro atoms. The molecule has 2 rings (SSSR count). The van der Waals surface area contributed by atoms with E-state index in [0.29, 0.717) is 25.2 Å². The normalized spacial score (nSPS) is 16.5. The minimum Gasteiger partial charge on any atom is -0.351 e. The number of likely N-dealkylation sites (N-methyl/N-ethyl adjacent to an activating group) is 1. The van der Waals surface area contributed by atoms with Crippen LogP contribution >= 0.6 is 0 Å². The number of benzene rings is 1. The summed E-state index contributed by atoms with van der Waals surface area (Å²) in [4.78, 5) is 14.3. The molecule has 23 heavy (non-hydrogen) atoms. The Hall–Kier alpha value is -1.44. The van der Waals surface area contributed by atoms with Crippen LogP contribution in [-0.4, -0.2) is 63.8 Å². The van der Waals surface area contributed by atoms with Gasteiger partial charge in [0.15, 0.2) is 0 Å². The molecule has 1 aliphatic heterocycles. The summed E-state index contributed by atoms with van der Waals surface area (Å²) in [6.45, 7) is 2.37. The predicted octanol–water partition coefficient (Wildman–Crippen LogP) is 1.15. The molecule has 1 aliphatic rings. The molecule has 1 saturated heterocycles. The quantitative estimate of drug-likeness (QED) is 0.844. The smallest absolute Gasteiger partial charge is 0.251 e.